The summed E-state index contributed by atoms with van der Waals surface area (Å²) in [5.41, 5.74) is 2.74. The molecule has 0 radical (unpaired) electrons. The first-order valence-corrected chi connectivity index (χ1v) is 7.51. The van der Waals surface area contributed by atoms with Crippen LogP contribution in [-0.4, -0.2) is 25.5 Å². The summed E-state index contributed by atoms with van der Waals surface area (Å²) >= 11 is 1.96. The van der Waals surface area contributed by atoms with Crippen LogP contribution in [0.2, 0.25) is 0 Å². The first-order valence-electron chi connectivity index (χ1n) is 6.63. The largest absolute Gasteiger partial charge is 0.383 e. The fraction of sp³-hybridized carbons (Fsp3) is 0.600. The van der Waals surface area contributed by atoms with Crippen molar-refractivity contribution in [2.24, 2.45) is 0 Å². The van der Waals surface area contributed by atoms with E-state index >= 15 is 0 Å². The molecule has 1 rings (SSSR count). The van der Waals surface area contributed by atoms with E-state index in [4.69, 9.17) is 4.74 Å². The van der Waals surface area contributed by atoms with Gasteiger partial charge >= 0.3 is 0 Å². The lowest BCUT2D eigenvalue weighted by atomic mass is 10.1. The molecule has 3 heteroatoms. The lowest BCUT2D eigenvalue weighted by Gasteiger charge is -2.12. The summed E-state index contributed by atoms with van der Waals surface area (Å²) in [6, 6.07) is 6.77. The number of benzene rings is 1. The van der Waals surface area contributed by atoms with Crippen LogP contribution in [0.5, 0.6) is 0 Å². The third kappa shape index (κ3) is 5.42. The summed E-state index contributed by atoms with van der Waals surface area (Å²) in [4.78, 5) is 1.38. The molecular formula is C15H25NOS. The van der Waals surface area contributed by atoms with Gasteiger partial charge in [0.15, 0.2) is 0 Å². The minimum absolute atomic E-state index is 0.690. The zero-order valence-corrected chi connectivity index (χ0v) is 12.8. The Morgan fingerprint density at radius 2 is 2.17 bits per heavy atom. The number of aryl methyl sites for hydroxylation is 1. The molecule has 0 fully saturated rings. The van der Waals surface area contributed by atoms with E-state index in [0.29, 0.717) is 5.25 Å². The number of thioether (sulfide) groups is 1. The first-order chi connectivity index (χ1) is 8.67. The second-order valence-corrected chi connectivity index (χ2v) is 6.11. The van der Waals surface area contributed by atoms with Gasteiger partial charge in [-0.2, -0.15) is 0 Å². The molecular weight excluding hydrogens is 242 g/mol. The van der Waals surface area contributed by atoms with Crippen LogP contribution in [0.4, 0.5) is 0 Å². The molecule has 1 aromatic rings. The number of hydrogen-bond acceptors (Lipinski definition) is 3. The van der Waals surface area contributed by atoms with E-state index in [1.807, 2.05) is 11.8 Å². The van der Waals surface area contributed by atoms with Gasteiger partial charge in [0, 0.05) is 30.3 Å². The van der Waals surface area contributed by atoms with Crippen molar-refractivity contribution in [3.63, 3.8) is 0 Å². The number of methoxy groups -OCH3 is 1. The van der Waals surface area contributed by atoms with Crippen molar-refractivity contribution in [3.05, 3.63) is 29.3 Å². The van der Waals surface area contributed by atoms with Gasteiger partial charge in [-0.05, 0) is 36.6 Å². The Balaban J connectivity index is 2.51. The zero-order valence-electron chi connectivity index (χ0n) is 12.0. The van der Waals surface area contributed by atoms with Gasteiger partial charge in [0.1, 0.15) is 0 Å². The standard InChI is InChI=1S/C15H25NOS/c1-5-13(3)18-15-7-6-14(12(2)10-15)11-16-8-9-17-4/h6-7,10,13,16H,5,8-9,11H2,1-4H3. The van der Waals surface area contributed by atoms with Crippen molar-refractivity contribution >= 4 is 11.8 Å². The van der Waals surface area contributed by atoms with Gasteiger partial charge < -0.3 is 10.1 Å². The van der Waals surface area contributed by atoms with Crippen molar-refractivity contribution < 1.29 is 4.74 Å². The average molecular weight is 267 g/mol. The van der Waals surface area contributed by atoms with Crippen LogP contribution < -0.4 is 5.32 Å². The van der Waals surface area contributed by atoms with Crippen molar-refractivity contribution in [2.75, 3.05) is 20.3 Å². The Bertz CT molecular complexity index is 354. The van der Waals surface area contributed by atoms with Crippen LogP contribution >= 0.6 is 11.8 Å². The van der Waals surface area contributed by atoms with E-state index in [2.05, 4.69) is 44.3 Å². The van der Waals surface area contributed by atoms with Crippen LogP contribution in [0.15, 0.2) is 23.1 Å². The summed E-state index contributed by atoms with van der Waals surface area (Å²) in [5.74, 6) is 0. The molecule has 1 unspecified atom stereocenters. The van der Waals surface area contributed by atoms with E-state index in [-0.39, 0.29) is 0 Å². The maximum absolute atomic E-state index is 5.02. The normalized spacial score (nSPS) is 12.7. The van der Waals surface area contributed by atoms with Gasteiger partial charge in [0.05, 0.1) is 6.61 Å². The molecule has 0 aromatic heterocycles. The Kier molecular flexibility index (Phi) is 7.40. The van der Waals surface area contributed by atoms with Gasteiger partial charge in [0.2, 0.25) is 0 Å². The van der Waals surface area contributed by atoms with Gasteiger partial charge in [0.25, 0.3) is 0 Å². The van der Waals surface area contributed by atoms with E-state index < -0.39 is 0 Å². The molecule has 0 aliphatic rings. The Morgan fingerprint density at radius 1 is 1.39 bits per heavy atom. The molecule has 0 bridgehead atoms. The van der Waals surface area contributed by atoms with Crippen molar-refractivity contribution in [1.82, 2.24) is 5.32 Å². The fourth-order valence-corrected chi connectivity index (χ4v) is 2.68. The Morgan fingerprint density at radius 3 is 2.78 bits per heavy atom. The van der Waals surface area contributed by atoms with Crippen LogP contribution in [0.3, 0.4) is 0 Å². The molecule has 2 nitrogen and oxygen atoms in total. The third-order valence-corrected chi connectivity index (χ3v) is 4.29. The fourth-order valence-electron chi connectivity index (χ4n) is 1.65. The lowest BCUT2D eigenvalue weighted by molar-refractivity contribution is 0.199. The Hall–Kier alpha value is -0.510. The molecule has 1 atom stereocenters. The molecule has 18 heavy (non-hydrogen) atoms. The number of ether oxygens (including phenoxy) is 1. The topological polar surface area (TPSA) is 21.3 Å². The number of hydrogen-bond donors (Lipinski definition) is 1. The predicted octanol–water partition coefficient (Wildman–Crippen LogP) is 3.62. The second kappa shape index (κ2) is 8.57. The highest BCUT2D eigenvalue weighted by Gasteiger charge is 2.04. The highest BCUT2D eigenvalue weighted by molar-refractivity contribution is 7.99. The SMILES string of the molecule is CCC(C)Sc1ccc(CNCCOC)c(C)c1. The minimum atomic E-state index is 0.690. The van der Waals surface area contributed by atoms with E-state index in [1.54, 1.807) is 7.11 Å². The van der Waals surface area contributed by atoms with Crippen LogP contribution in [0.1, 0.15) is 31.4 Å². The van der Waals surface area contributed by atoms with Crippen molar-refractivity contribution in [1.29, 1.82) is 0 Å². The maximum Gasteiger partial charge on any atom is 0.0587 e. The molecule has 0 aliphatic heterocycles. The second-order valence-electron chi connectivity index (χ2n) is 4.59. The van der Waals surface area contributed by atoms with Crippen LogP contribution in [0, 0.1) is 6.92 Å². The summed E-state index contributed by atoms with van der Waals surface area (Å²) in [6.07, 6.45) is 1.21. The van der Waals surface area contributed by atoms with Crippen LogP contribution in [-0.2, 0) is 11.3 Å². The lowest BCUT2D eigenvalue weighted by Crippen LogP contribution is -2.19. The summed E-state index contributed by atoms with van der Waals surface area (Å²) in [5, 5.41) is 4.07. The number of rotatable bonds is 8. The number of nitrogens with one attached hydrogen (secondary N) is 1. The average Bonchev–Trinajstić information content (AvgIpc) is 2.36. The van der Waals surface area contributed by atoms with Gasteiger partial charge in [-0.3, -0.25) is 0 Å². The van der Waals surface area contributed by atoms with Gasteiger partial charge in [-0.25, -0.2) is 0 Å². The zero-order chi connectivity index (χ0) is 13.4. The van der Waals surface area contributed by atoms with E-state index in [9.17, 15) is 0 Å². The molecule has 0 saturated heterocycles. The minimum Gasteiger partial charge on any atom is -0.383 e. The molecule has 102 valence electrons. The third-order valence-electron chi connectivity index (χ3n) is 3.02. The summed E-state index contributed by atoms with van der Waals surface area (Å²) in [6.45, 7) is 9.29. The van der Waals surface area contributed by atoms with E-state index in [0.717, 1.165) is 19.7 Å². The summed E-state index contributed by atoms with van der Waals surface area (Å²) < 4.78 is 5.02. The predicted molar refractivity (Wildman–Crippen MR) is 80.4 cm³/mol. The van der Waals surface area contributed by atoms with E-state index in [1.165, 1.54) is 22.4 Å². The first kappa shape index (κ1) is 15.5. The molecule has 0 aliphatic carbocycles. The monoisotopic (exact) mass is 267 g/mol. The molecule has 0 saturated carbocycles. The quantitative estimate of drug-likeness (QED) is 0.574. The molecule has 0 amide bonds. The van der Waals surface area contributed by atoms with Crippen molar-refractivity contribution in [2.45, 2.75) is 43.9 Å². The summed E-state index contributed by atoms with van der Waals surface area (Å²) in [7, 11) is 1.73. The highest BCUT2D eigenvalue weighted by atomic mass is 32.2. The van der Waals surface area contributed by atoms with Crippen molar-refractivity contribution in [3.8, 4) is 0 Å². The molecule has 1 N–H and O–H groups in total. The van der Waals surface area contributed by atoms with Gasteiger partial charge in [-0.1, -0.05) is 19.9 Å². The van der Waals surface area contributed by atoms with Gasteiger partial charge in [-0.15, -0.1) is 11.8 Å². The highest BCUT2D eigenvalue weighted by Crippen LogP contribution is 2.26. The van der Waals surface area contributed by atoms with Crippen LogP contribution in [0.25, 0.3) is 0 Å². The maximum atomic E-state index is 5.02. The molecule has 1 aromatic carbocycles. The molecule has 0 heterocycles. The Labute approximate surface area is 116 Å². The molecule has 0 spiro atoms. The smallest absolute Gasteiger partial charge is 0.0587 e.